The van der Waals surface area contributed by atoms with Gasteiger partial charge in [0.05, 0.1) is 23.6 Å². The molecule has 8 rings (SSSR count). The molecule has 0 radical (unpaired) electrons. The Hall–Kier alpha value is -5.49. The number of fused-ring (bicyclic) bond motifs is 6. The Kier molecular flexibility index (Phi) is 6.15. The van der Waals surface area contributed by atoms with E-state index >= 15 is 0 Å². The van der Waals surface area contributed by atoms with Crippen LogP contribution in [0.2, 0.25) is 0 Å². The van der Waals surface area contributed by atoms with Crippen LogP contribution in [0, 0.1) is 11.8 Å². The van der Waals surface area contributed by atoms with Crippen molar-refractivity contribution >= 4 is 40.3 Å². The third-order valence-corrected chi connectivity index (χ3v) is 9.15. The standard InChI is InChI=1S/C38H28N2O4/c41-36-31-32(37(42)40(36)30-21-11-18-24-12-7-9-19-28(24)30)34(39-23-22-25-13-8-10-20-29(25)33(31)39)38(43)44-35(26-14-3-1-4-15-26)27-16-5-2-6-17-27/h1-23,31-35H. The van der Waals surface area contributed by atoms with Crippen LogP contribution in [0.5, 0.6) is 0 Å². The van der Waals surface area contributed by atoms with Crippen molar-refractivity contribution in [1.82, 2.24) is 4.90 Å². The highest BCUT2D eigenvalue weighted by atomic mass is 16.5. The topological polar surface area (TPSA) is 66.9 Å². The molecular formula is C38H28N2O4. The predicted octanol–water partition coefficient (Wildman–Crippen LogP) is 6.69. The summed E-state index contributed by atoms with van der Waals surface area (Å²) in [5.41, 5.74) is 4.07. The molecule has 2 amide bonds. The van der Waals surface area contributed by atoms with E-state index in [2.05, 4.69) is 0 Å². The van der Waals surface area contributed by atoms with Gasteiger partial charge in [0.2, 0.25) is 11.8 Å². The summed E-state index contributed by atoms with van der Waals surface area (Å²) in [7, 11) is 0. The second kappa shape index (κ2) is 10.3. The zero-order valence-electron chi connectivity index (χ0n) is 23.7. The van der Waals surface area contributed by atoms with Crippen LogP contribution in [0.25, 0.3) is 16.8 Å². The van der Waals surface area contributed by atoms with Gasteiger partial charge in [-0.2, -0.15) is 0 Å². The van der Waals surface area contributed by atoms with E-state index in [1.165, 1.54) is 4.90 Å². The molecule has 0 spiro atoms. The van der Waals surface area contributed by atoms with Gasteiger partial charge in [0, 0.05) is 11.6 Å². The molecule has 2 saturated heterocycles. The summed E-state index contributed by atoms with van der Waals surface area (Å²) in [6, 6.07) is 38.9. The molecule has 5 aromatic rings. The number of hydrogen-bond donors (Lipinski definition) is 0. The van der Waals surface area contributed by atoms with Crippen molar-refractivity contribution in [3.8, 4) is 0 Å². The lowest BCUT2D eigenvalue weighted by Crippen LogP contribution is -2.45. The summed E-state index contributed by atoms with van der Waals surface area (Å²) in [5.74, 6) is -2.88. The van der Waals surface area contributed by atoms with E-state index in [0.717, 1.165) is 33.0 Å². The third-order valence-electron chi connectivity index (χ3n) is 9.15. The average molecular weight is 577 g/mol. The smallest absolute Gasteiger partial charge is 0.330 e. The number of anilines is 1. The molecule has 2 fully saturated rings. The van der Waals surface area contributed by atoms with Crippen LogP contribution in [0.1, 0.15) is 34.4 Å². The highest BCUT2D eigenvalue weighted by molar-refractivity contribution is 6.26. The molecule has 6 heteroatoms. The predicted molar refractivity (Wildman–Crippen MR) is 168 cm³/mol. The first-order valence-corrected chi connectivity index (χ1v) is 14.8. The fourth-order valence-corrected chi connectivity index (χ4v) is 7.24. The minimum atomic E-state index is -0.985. The van der Waals surface area contributed by atoms with Crippen molar-refractivity contribution in [1.29, 1.82) is 0 Å². The lowest BCUT2D eigenvalue weighted by Gasteiger charge is -2.35. The molecule has 4 atom stereocenters. The summed E-state index contributed by atoms with van der Waals surface area (Å²) in [5, 5.41) is 1.74. The van der Waals surface area contributed by atoms with Gasteiger partial charge < -0.3 is 9.64 Å². The number of ether oxygens (including phenoxy) is 1. The number of rotatable bonds is 5. The normalized spacial score (nSPS) is 21.8. The minimum Gasteiger partial charge on any atom is -0.451 e. The molecular weight excluding hydrogens is 548 g/mol. The highest BCUT2D eigenvalue weighted by Crippen LogP contribution is 2.54. The van der Waals surface area contributed by atoms with Crippen LogP contribution in [0.15, 0.2) is 134 Å². The third kappa shape index (κ3) is 3.98. The molecule has 44 heavy (non-hydrogen) atoms. The molecule has 0 bridgehead atoms. The lowest BCUT2D eigenvalue weighted by atomic mass is 9.84. The SMILES string of the molecule is O=C(OC(c1ccccc1)c1ccccc1)C1C2C(=O)N(c3cccc4ccccc34)C(=O)C2C2c3ccccc3C=CN12. The molecule has 3 aliphatic heterocycles. The maximum Gasteiger partial charge on any atom is 0.330 e. The van der Waals surface area contributed by atoms with Gasteiger partial charge in [0.1, 0.15) is 6.04 Å². The Bertz CT molecular complexity index is 1910. The van der Waals surface area contributed by atoms with E-state index in [0.29, 0.717) is 5.69 Å². The van der Waals surface area contributed by atoms with Crippen molar-refractivity contribution in [2.75, 3.05) is 4.90 Å². The van der Waals surface area contributed by atoms with Crippen molar-refractivity contribution in [3.63, 3.8) is 0 Å². The molecule has 0 aliphatic carbocycles. The number of carbonyl (C=O) groups is 3. The second-order valence-corrected chi connectivity index (χ2v) is 11.5. The van der Waals surface area contributed by atoms with E-state index in [9.17, 15) is 14.4 Å². The number of hydrogen-bond acceptors (Lipinski definition) is 5. The van der Waals surface area contributed by atoms with Crippen LogP contribution in [0.4, 0.5) is 5.69 Å². The fraction of sp³-hybridized carbons (Fsp3) is 0.132. The first kappa shape index (κ1) is 26.2. The molecule has 3 heterocycles. The number of esters is 1. The largest absolute Gasteiger partial charge is 0.451 e. The van der Waals surface area contributed by atoms with E-state index < -0.39 is 36.0 Å². The Morgan fingerprint density at radius 3 is 2.02 bits per heavy atom. The van der Waals surface area contributed by atoms with E-state index in [1.54, 1.807) is 6.07 Å². The van der Waals surface area contributed by atoms with Gasteiger partial charge >= 0.3 is 5.97 Å². The molecule has 0 aromatic heterocycles. The van der Waals surface area contributed by atoms with Crippen molar-refractivity contribution in [3.05, 3.63) is 156 Å². The summed E-state index contributed by atoms with van der Waals surface area (Å²) in [6.07, 6.45) is 3.11. The van der Waals surface area contributed by atoms with Crippen LogP contribution >= 0.6 is 0 Å². The van der Waals surface area contributed by atoms with Crippen LogP contribution in [-0.4, -0.2) is 28.7 Å². The molecule has 214 valence electrons. The fourth-order valence-electron chi connectivity index (χ4n) is 7.24. The van der Waals surface area contributed by atoms with Crippen LogP contribution in [-0.2, 0) is 19.1 Å². The van der Waals surface area contributed by atoms with Gasteiger partial charge in [-0.25, -0.2) is 9.69 Å². The number of amides is 2. The molecule has 3 aliphatic rings. The van der Waals surface area contributed by atoms with Crippen LogP contribution in [0.3, 0.4) is 0 Å². The summed E-state index contributed by atoms with van der Waals surface area (Å²) in [4.78, 5) is 46.6. The Labute approximate surface area is 254 Å². The zero-order chi connectivity index (χ0) is 29.8. The average Bonchev–Trinajstić information content (AvgIpc) is 3.56. The first-order chi connectivity index (χ1) is 21.6. The van der Waals surface area contributed by atoms with Crippen molar-refractivity contribution in [2.45, 2.75) is 18.2 Å². The quantitative estimate of drug-likeness (QED) is 0.172. The maximum atomic E-state index is 14.5. The van der Waals surface area contributed by atoms with Crippen LogP contribution < -0.4 is 4.90 Å². The van der Waals surface area contributed by atoms with E-state index in [-0.39, 0.29) is 11.8 Å². The van der Waals surface area contributed by atoms with Gasteiger partial charge in [-0.05, 0) is 39.8 Å². The van der Waals surface area contributed by atoms with Gasteiger partial charge in [-0.1, -0.05) is 121 Å². The molecule has 5 aromatic carbocycles. The molecule has 0 saturated carbocycles. The molecule has 6 nitrogen and oxygen atoms in total. The van der Waals surface area contributed by atoms with Gasteiger partial charge in [-0.15, -0.1) is 0 Å². The Balaban J connectivity index is 1.24. The number of benzene rings is 5. The van der Waals surface area contributed by atoms with E-state index in [1.807, 2.05) is 139 Å². The summed E-state index contributed by atoms with van der Waals surface area (Å²) < 4.78 is 6.35. The second-order valence-electron chi connectivity index (χ2n) is 11.5. The maximum absolute atomic E-state index is 14.5. The summed E-state index contributed by atoms with van der Waals surface area (Å²) >= 11 is 0. The minimum absolute atomic E-state index is 0.297. The Morgan fingerprint density at radius 1 is 0.659 bits per heavy atom. The van der Waals surface area contributed by atoms with Crippen molar-refractivity contribution < 1.29 is 19.1 Å². The zero-order valence-corrected chi connectivity index (χ0v) is 23.7. The number of imide groups is 1. The van der Waals surface area contributed by atoms with E-state index in [4.69, 9.17) is 4.74 Å². The summed E-state index contributed by atoms with van der Waals surface area (Å²) in [6.45, 7) is 0. The molecule has 4 unspecified atom stereocenters. The number of nitrogens with zero attached hydrogens (tertiary/aromatic N) is 2. The Morgan fingerprint density at radius 2 is 1.27 bits per heavy atom. The first-order valence-electron chi connectivity index (χ1n) is 14.8. The van der Waals surface area contributed by atoms with Gasteiger partial charge in [0.15, 0.2) is 6.10 Å². The lowest BCUT2D eigenvalue weighted by molar-refractivity contribution is -0.155. The van der Waals surface area contributed by atoms with Gasteiger partial charge in [-0.3, -0.25) is 9.59 Å². The number of carbonyl (C=O) groups excluding carboxylic acids is 3. The highest BCUT2D eigenvalue weighted by Gasteiger charge is 2.65. The monoisotopic (exact) mass is 576 g/mol. The molecule has 0 N–H and O–H groups in total. The van der Waals surface area contributed by atoms with Crippen molar-refractivity contribution in [2.24, 2.45) is 11.8 Å². The van der Waals surface area contributed by atoms with Gasteiger partial charge in [0.25, 0.3) is 0 Å².